The fraction of sp³-hybridized carbons (Fsp3) is 0.609. The number of carbonyl (C=O) groups is 1. The number of para-hydroxylation sites is 1. The largest absolute Gasteiger partial charge is 0.494 e. The van der Waals surface area contributed by atoms with E-state index in [2.05, 4.69) is 12.2 Å². The first-order valence-electron chi connectivity index (χ1n) is 10.4. The van der Waals surface area contributed by atoms with Crippen LogP contribution in [0.4, 0.5) is 0 Å². The first-order chi connectivity index (χ1) is 13.2. The highest BCUT2D eigenvalue weighted by Crippen LogP contribution is 2.47. The van der Waals surface area contributed by atoms with Crippen LogP contribution >= 0.6 is 0 Å². The number of carboxylic acid groups (broad SMARTS) is 1. The van der Waals surface area contributed by atoms with Crippen molar-refractivity contribution >= 4 is 5.97 Å². The van der Waals surface area contributed by atoms with E-state index in [0.29, 0.717) is 24.0 Å². The standard InChI is InChI=1S/C23H32O4/c24-23(25)14-7-2-1-6-12-19-20(22-16-15-21(19)27-22)13-8-9-17-26-18-10-4-3-5-11-18/h1,3-6,10-11,19-22H,2,7-9,12-17H2,(H,24,25)/t19-,20+,21-,22+/m1/s1. The molecule has 0 saturated carbocycles. The number of hydrogen-bond acceptors (Lipinski definition) is 3. The van der Waals surface area contributed by atoms with Crippen LogP contribution in [-0.4, -0.2) is 29.9 Å². The number of hydrogen-bond donors (Lipinski definition) is 1. The van der Waals surface area contributed by atoms with Crippen molar-refractivity contribution in [2.24, 2.45) is 11.8 Å². The van der Waals surface area contributed by atoms with Crippen LogP contribution in [0.3, 0.4) is 0 Å². The molecule has 0 aliphatic carbocycles. The number of fused-ring (bicyclic) bond motifs is 2. The van der Waals surface area contributed by atoms with Gasteiger partial charge < -0.3 is 14.6 Å². The topological polar surface area (TPSA) is 55.8 Å². The average Bonchev–Trinajstić information content (AvgIpc) is 3.27. The lowest BCUT2D eigenvalue weighted by Crippen LogP contribution is -2.26. The van der Waals surface area contributed by atoms with Gasteiger partial charge in [0.15, 0.2) is 0 Å². The van der Waals surface area contributed by atoms with Gasteiger partial charge in [-0.15, -0.1) is 0 Å². The van der Waals surface area contributed by atoms with Crippen molar-refractivity contribution in [3.8, 4) is 5.75 Å². The number of unbranched alkanes of at least 4 members (excludes halogenated alkanes) is 2. The van der Waals surface area contributed by atoms with Gasteiger partial charge in [0.2, 0.25) is 0 Å². The molecule has 1 N–H and O–H groups in total. The molecule has 2 fully saturated rings. The first kappa shape index (κ1) is 19.9. The van der Waals surface area contributed by atoms with Crippen LogP contribution in [0.25, 0.3) is 0 Å². The fourth-order valence-corrected chi connectivity index (χ4v) is 4.53. The maximum Gasteiger partial charge on any atom is 0.303 e. The summed E-state index contributed by atoms with van der Waals surface area (Å²) in [7, 11) is 0. The zero-order valence-electron chi connectivity index (χ0n) is 16.1. The van der Waals surface area contributed by atoms with Gasteiger partial charge in [0.1, 0.15) is 5.75 Å². The molecule has 2 saturated heterocycles. The van der Waals surface area contributed by atoms with Crippen LogP contribution in [0.2, 0.25) is 0 Å². The number of aliphatic carboxylic acids is 1. The summed E-state index contributed by atoms with van der Waals surface area (Å²) >= 11 is 0. The van der Waals surface area contributed by atoms with Gasteiger partial charge in [-0.1, -0.05) is 30.4 Å². The van der Waals surface area contributed by atoms with Gasteiger partial charge in [-0.25, -0.2) is 0 Å². The molecule has 1 aromatic carbocycles. The highest BCUT2D eigenvalue weighted by atomic mass is 16.5. The lowest BCUT2D eigenvalue weighted by Gasteiger charge is -2.27. The molecule has 0 amide bonds. The Hall–Kier alpha value is -1.81. The van der Waals surface area contributed by atoms with Gasteiger partial charge in [-0.05, 0) is 75.3 Å². The monoisotopic (exact) mass is 372 g/mol. The van der Waals surface area contributed by atoms with Crippen molar-refractivity contribution < 1.29 is 19.4 Å². The first-order valence-corrected chi connectivity index (χ1v) is 10.4. The van der Waals surface area contributed by atoms with Gasteiger partial charge in [-0.3, -0.25) is 4.79 Å². The Balaban J connectivity index is 1.35. The van der Waals surface area contributed by atoms with Crippen molar-refractivity contribution in [3.05, 3.63) is 42.5 Å². The summed E-state index contributed by atoms with van der Waals surface area (Å²) in [6.07, 6.45) is 14.1. The van der Waals surface area contributed by atoms with Gasteiger partial charge in [-0.2, -0.15) is 0 Å². The van der Waals surface area contributed by atoms with E-state index >= 15 is 0 Å². The van der Waals surface area contributed by atoms with E-state index in [-0.39, 0.29) is 6.42 Å². The molecule has 4 heteroatoms. The van der Waals surface area contributed by atoms with Crippen LogP contribution in [0.5, 0.6) is 5.75 Å². The smallest absolute Gasteiger partial charge is 0.303 e. The maximum atomic E-state index is 10.5. The molecule has 2 heterocycles. The number of allylic oxidation sites excluding steroid dienone is 2. The summed E-state index contributed by atoms with van der Waals surface area (Å²) in [5, 5.41) is 8.68. The molecular weight excluding hydrogens is 340 g/mol. The van der Waals surface area contributed by atoms with E-state index in [4.69, 9.17) is 14.6 Å². The van der Waals surface area contributed by atoms with E-state index in [1.807, 2.05) is 30.3 Å². The van der Waals surface area contributed by atoms with Gasteiger partial charge >= 0.3 is 5.97 Å². The molecule has 0 spiro atoms. The summed E-state index contributed by atoms with van der Waals surface area (Å²) < 4.78 is 12.0. The second kappa shape index (κ2) is 10.5. The molecule has 2 aliphatic heterocycles. The minimum absolute atomic E-state index is 0.259. The third kappa shape index (κ3) is 6.10. The molecular formula is C23H32O4. The van der Waals surface area contributed by atoms with Crippen LogP contribution in [-0.2, 0) is 9.53 Å². The SMILES string of the molecule is O=C(O)CCCC=CC[C@@H]1[C@H](CCCCOc2ccccc2)[C@@H]2CC[C@H]1O2. The molecule has 0 radical (unpaired) electrons. The normalized spacial score (nSPS) is 26.7. The minimum Gasteiger partial charge on any atom is -0.494 e. The number of ether oxygens (including phenoxy) is 2. The summed E-state index contributed by atoms with van der Waals surface area (Å²) in [4.78, 5) is 10.5. The third-order valence-corrected chi connectivity index (χ3v) is 5.87. The predicted octanol–water partition coefficient (Wildman–Crippen LogP) is 5.23. The summed E-state index contributed by atoms with van der Waals surface area (Å²) in [6.45, 7) is 0.778. The average molecular weight is 373 g/mol. The highest BCUT2D eigenvalue weighted by molar-refractivity contribution is 5.66. The van der Waals surface area contributed by atoms with E-state index in [0.717, 1.165) is 38.0 Å². The minimum atomic E-state index is -0.707. The molecule has 0 aromatic heterocycles. The van der Waals surface area contributed by atoms with Crippen molar-refractivity contribution in [2.75, 3.05) is 6.61 Å². The summed E-state index contributed by atoms with van der Waals surface area (Å²) in [5.74, 6) is 1.55. The van der Waals surface area contributed by atoms with Crippen molar-refractivity contribution in [1.82, 2.24) is 0 Å². The molecule has 0 unspecified atom stereocenters. The Morgan fingerprint density at radius 2 is 1.85 bits per heavy atom. The Morgan fingerprint density at radius 1 is 1.07 bits per heavy atom. The molecule has 4 atom stereocenters. The van der Waals surface area contributed by atoms with Crippen molar-refractivity contribution in [1.29, 1.82) is 0 Å². The molecule has 2 bridgehead atoms. The zero-order valence-corrected chi connectivity index (χ0v) is 16.1. The Morgan fingerprint density at radius 3 is 2.63 bits per heavy atom. The fourth-order valence-electron chi connectivity index (χ4n) is 4.53. The van der Waals surface area contributed by atoms with Crippen molar-refractivity contribution in [2.45, 2.75) is 70.0 Å². The Labute approximate surface area is 162 Å². The lowest BCUT2D eigenvalue weighted by molar-refractivity contribution is -0.137. The second-order valence-electron chi connectivity index (χ2n) is 7.77. The molecule has 1 aromatic rings. The lowest BCUT2D eigenvalue weighted by atomic mass is 9.75. The number of benzene rings is 1. The second-order valence-corrected chi connectivity index (χ2v) is 7.77. The highest BCUT2D eigenvalue weighted by Gasteiger charge is 2.47. The van der Waals surface area contributed by atoms with Crippen LogP contribution < -0.4 is 4.74 Å². The summed E-state index contributed by atoms with van der Waals surface area (Å²) in [6, 6.07) is 10.0. The quantitative estimate of drug-likeness (QED) is 0.403. The van der Waals surface area contributed by atoms with E-state index in [1.165, 1.54) is 25.7 Å². The number of rotatable bonds is 12. The van der Waals surface area contributed by atoms with Crippen LogP contribution in [0, 0.1) is 11.8 Å². The van der Waals surface area contributed by atoms with Crippen molar-refractivity contribution in [3.63, 3.8) is 0 Å². The van der Waals surface area contributed by atoms with Gasteiger partial charge in [0.05, 0.1) is 18.8 Å². The molecule has 3 rings (SSSR count). The van der Waals surface area contributed by atoms with E-state index in [9.17, 15) is 4.79 Å². The van der Waals surface area contributed by atoms with Gasteiger partial charge in [0, 0.05) is 6.42 Å². The van der Waals surface area contributed by atoms with E-state index in [1.54, 1.807) is 0 Å². The zero-order chi connectivity index (χ0) is 18.9. The van der Waals surface area contributed by atoms with Crippen LogP contribution in [0.1, 0.15) is 57.8 Å². The summed E-state index contributed by atoms with van der Waals surface area (Å²) in [5.41, 5.74) is 0. The maximum absolute atomic E-state index is 10.5. The molecule has 148 valence electrons. The Bertz CT molecular complexity index is 598. The molecule has 2 aliphatic rings. The third-order valence-electron chi connectivity index (χ3n) is 5.87. The van der Waals surface area contributed by atoms with Gasteiger partial charge in [0.25, 0.3) is 0 Å². The predicted molar refractivity (Wildman–Crippen MR) is 106 cm³/mol. The van der Waals surface area contributed by atoms with E-state index < -0.39 is 5.97 Å². The van der Waals surface area contributed by atoms with Crippen LogP contribution in [0.15, 0.2) is 42.5 Å². The Kier molecular flexibility index (Phi) is 7.76. The number of carboxylic acids is 1. The molecule has 4 nitrogen and oxygen atoms in total. The molecule has 27 heavy (non-hydrogen) atoms.